The molecular formula is C48H41Cl2F4N3O7. The molecular weight excluding hydrogens is 877 g/mol. The average molecular weight is 919 g/mol. The highest BCUT2D eigenvalue weighted by molar-refractivity contribution is 6.31. The molecule has 0 unspecified atom stereocenters. The maximum absolute atomic E-state index is 14.7. The number of rotatable bonds is 17. The Labute approximate surface area is 376 Å². The number of hydrogen-bond acceptors (Lipinski definition) is 8. The molecule has 0 aromatic heterocycles. The average Bonchev–Trinajstić information content (AvgIpc) is 3.30. The fourth-order valence-electron chi connectivity index (χ4n) is 6.00. The van der Waals surface area contributed by atoms with Crippen LogP contribution in [-0.4, -0.2) is 50.4 Å². The van der Waals surface area contributed by atoms with Gasteiger partial charge in [0.15, 0.2) is 5.78 Å². The monoisotopic (exact) mass is 917 g/mol. The first-order valence-corrected chi connectivity index (χ1v) is 20.2. The highest BCUT2D eigenvalue weighted by Crippen LogP contribution is 2.27. The van der Waals surface area contributed by atoms with Gasteiger partial charge in [0.05, 0.1) is 55.6 Å². The Hall–Kier alpha value is -6.42. The van der Waals surface area contributed by atoms with Crippen molar-refractivity contribution in [1.82, 2.24) is 0 Å². The molecule has 0 bridgehead atoms. The smallest absolute Gasteiger partial charge is 0.337 e. The number of benzene rings is 6. The molecule has 0 fully saturated rings. The Morgan fingerprint density at radius 1 is 0.547 bits per heavy atom. The van der Waals surface area contributed by atoms with Crippen molar-refractivity contribution >= 4 is 58.1 Å². The van der Waals surface area contributed by atoms with Crippen molar-refractivity contribution in [2.24, 2.45) is 5.73 Å². The van der Waals surface area contributed by atoms with Gasteiger partial charge in [0.25, 0.3) is 11.8 Å². The van der Waals surface area contributed by atoms with Crippen molar-refractivity contribution in [2.45, 2.75) is 26.3 Å². The minimum absolute atomic E-state index is 0.0441. The zero-order valence-corrected chi connectivity index (χ0v) is 35.8. The van der Waals surface area contributed by atoms with E-state index in [2.05, 4.69) is 4.74 Å². The number of carbonyl (C=O) groups is 4. The number of methoxy groups -OCH3 is 1. The number of ketones is 1. The van der Waals surface area contributed by atoms with Crippen molar-refractivity contribution in [3.8, 4) is 0 Å². The Morgan fingerprint density at radius 2 is 0.969 bits per heavy atom. The second kappa shape index (κ2) is 23.9. The quantitative estimate of drug-likeness (QED) is 0.0545. The Morgan fingerprint density at radius 3 is 1.36 bits per heavy atom. The lowest BCUT2D eigenvalue weighted by Gasteiger charge is -2.24. The van der Waals surface area contributed by atoms with Crippen LogP contribution in [0.3, 0.4) is 0 Å². The van der Waals surface area contributed by atoms with Crippen LogP contribution in [0.5, 0.6) is 0 Å². The van der Waals surface area contributed by atoms with Crippen molar-refractivity contribution in [3.05, 3.63) is 200 Å². The normalized spacial score (nSPS) is 10.7. The van der Waals surface area contributed by atoms with E-state index in [1.54, 1.807) is 0 Å². The van der Waals surface area contributed by atoms with E-state index in [4.69, 9.17) is 38.4 Å². The molecule has 332 valence electrons. The number of ether oxygens (including phenoxy) is 3. The number of nitrogens with zero attached hydrogens (tertiary/aromatic N) is 2. The highest BCUT2D eigenvalue weighted by Gasteiger charge is 2.22. The summed E-state index contributed by atoms with van der Waals surface area (Å²) >= 11 is 11.8. The fourth-order valence-corrected chi connectivity index (χ4v) is 6.35. The van der Waals surface area contributed by atoms with Gasteiger partial charge in [-0.3, -0.25) is 14.4 Å². The molecule has 0 atom stereocenters. The summed E-state index contributed by atoms with van der Waals surface area (Å²) in [7, 11) is 1.20. The SMILES string of the molecule is COC(=O)c1ccc(CN(C(=O)COCc2ccccc2)c2ccc(F)c(Cl)c2)c(F)c1.NCC(=O)c1ccc(CN(C(=O)COCc2ccccc2)c2ccc(F)c(Cl)c2)c(F)c1. The summed E-state index contributed by atoms with van der Waals surface area (Å²) in [4.78, 5) is 51.7. The molecule has 0 heterocycles. The molecule has 10 nitrogen and oxygen atoms in total. The van der Waals surface area contributed by atoms with Crippen LogP contribution in [-0.2, 0) is 50.1 Å². The molecule has 0 aliphatic rings. The first kappa shape index (κ1) is 48.6. The van der Waals surface area contributed by atoms with Gasteiger partial charge in [0.2, 0.25) is 0 Å². The third-order valence-electron chi connectivity index (χ3n) is 9.40. The summed E-state index contributed by atoms with van der Waals surface area (Å²) in [6, 6.07) is 33.9. The maximum atomic E-state index is 14.7. The van der Waals surface area contributed by atoms with Gasteiger partial charge in [0.1, 0.15) is 36.5 Å². The Kier molecular flexibility index (Phi) is 18.1. The molecule has 0 spiro atoms. The van der Waals surface area contributed by atoms with Crippen LogP contribution in [0.25, 0.3) is 0 Å². The number of hydrogen-bond donors (Lipinski definition) is 1. The first-order valence-electron chi connectivity index (χ1n) is 19.4. The molecule has 2 amide bonds. The summed E-state index contributed by atoms with van der Waals surface area (Å²) < 4.78 is 72.2. The van der Waals surface area contributed by atoms with E-state index in [1.165, 1.54) is 65.4 Å². The second-order valence-corrected chi connectivity index (χ2v) is 14.7. The number of anilines is 2. The van der Waals surface area contributed by atoms with Gasteiger partial charge in [0, 0.05) is 28.1 Å². The van der Waals surface area contributed by atoms with E-state index >= 15 is 0 Å². The van der Waals surface area contributed by atoms with E-state index in [0.29, 0.717) is 0 Å². The Bertz CT molecular complexity index is 2390. The molecule has 0 radical (unpaired) electrons. The molecule has 0 saturated carbocycles. The summed E-state index contributed by atoms with van der Waals surface area (Å²) in [5, 5.41) is -0.345. The largest absolute Gasteiger partial charge is 0.465 e. The number of halogens is 6. The molecule has 0 saturated heterocycles. The van der Waals surface area contributed by atoms with Gasteiger partial charge >= 0.3 is 5.97 Å². The molecule has 0 aliphatic heterocycles. The van der Waals surface area contributed by atoms with Crippen LogP contribution >= 0.6 is 23.2 Å². The fraction of sp³-hybridized carbons (Fsp3) is 0.167. The van der Waals surface area contributed by atoms with Crippen molar-refractivity contribution < 1.29 is 51.0 Å². The van der Waals surface area contributed by atoms with E-state index in [-0.39, 0.29) is 89.7 Å². The standard InChI is InChI=1S/C24H21ClF2N2O3.C24H20ClF2NO4/c25-20-11-19(8-9-21(20)26)29(24(31)15-32-14-16-4-2-1-3-5-16)13-18-7-6-17(10-22(18)27)23(30)12-28;1-31-24(30)17-7-8-18(22(27)11-17)13-28(19-9-10-21(26)20(25)12-19)23(29)15-32-14-16-5-3-2-4-6-16/h1-11H,12-15,28H2;2-12H,13-15H2,1H3. The van der Waals surface area contributed by atoms with Gasteiger partial charge in [-0.1, -0.05) is 102 Å². The maximum Gasteiger partial charge on any atom is 0.337 e. The van der Waals surface area contributed by atoms with Crippen molar-refractivity contribution in [1.29, 1.82) is 0 Å². The number of carbonyl (C=O) groups excluding carboxylic acids is 4. The topological polar surface area (TPSA) is 128 Å². The van der Waals surface area contributed by atoms with Gasteiger partial charge in [-0.2, -0.15) is 0 Å². The summed E-state index contributed by atoms with van der Waals surface area (Å²) in [5.74, 6) is -4.66. The van der Waals surface area contributed by atoms with Crippen molar-refractivity contribution in [2.75, 3.05) is 36.7 Å². The summed E-state index contributed by atoms with van der Waals surface area (Å²) in [5.41, 5.74) is 8.16. The number of Topliss-reactive ketones (excluding diaryl/α,β-unsaturated/α-hetero) is 1. The van der Waals surface area contributed by atoms with Gasteiger partial charge in [-0.15, -0.1) is 0 Å². The molecule has 16 heteroatoms. The molecule has 0 aliphatic carbocycles. The lowest BCUT2D eigenvalue weighted by Crippen LogP contribution is -2.34. The van der Waals surface area contributed by atoms with Crippen LogP contribution in [0.1, 0.15) is 43.0 Å². The second-order valence-electron chi connectivity index (χ2n) is 13.8. The van der Waals surface area contributed by atoms with Crippen LogP contribution in [0.15, 0.2) is 133 Å². The van der Waals surface area contributed by atoms with E-state index < -0.39 is 46.8 Å². The third kappa shape index (κ3) is 13.8. The van der Waals surface area contributed by atoms with E-state index in [0.717, 1.165) is 35.4 Å². The highest BCUT2D eigenvalue weighted by atomic mass is 35.5. The molecule has 2 N–H and O–H groups in total. The number of nitrogens with two attached hydrogens (primary N) is 1. The third-order valence-corrected chi connectivity index (χ3v) is 9.98. The van der Waals surface area contributed by atoms with E-state index in [9.17, 15) is 36.7 Å². The summed E-state index contributed by atoms with van der Waals surface area (Å²) in [6.45, 7) is -0.722. The van der Waals surface area contributed by atoms with E-state index in [1.807, 2.05) is 60.7 Å². The number of esters is 1. The predicted octanol–water partition coefficient (Wildman–Crippen LogP) is 9.66. The van der Waals surface area contributed by atoms with Crippen LogP contribution < -0.4 is 15.5 Å². The molecule has 6 rings (SSSR count). The van der Waals surface area contributed by atoms with Crippen LogP contribution in [0.2, 0.25) is 10.0 Å². The zero-order valence-electron chi connectivity index (χ0n) is 34.2. The molecule has 6 aromatic rings. The van der Waals surface area contributed by atoms with Crippen LogP contribution in [0, 0.1) is 23.3 Å². The zero-order chi connectivity index (χ0) is 46.2. The Balaban J connectivity index is 0.000000241. The van der Waals surface area contributed by atoms with Gasteiger partial charge in [-0.05, 0) is 65.7 Å². The minimum Gasteiger partial charge on any atom is -0.465 e. The molecule has 6 aromatic carbocycles. The van der Waals surface area contributed by atoms with Gasteiger partial charge in [-0.25, -0.2) is 22.4 Å². The lowest BCUT2D eigenvalue weighted by atomic mass is 10.1. The predicted molar refractivity (Wildman–Crippen MR) is 235 cm³/mol. The lowest BCUT2D eigenvalue weighted by molar-refractivity contribution is -0.124. The molecule has 64 heavy (non-hydrogen) atoms. The first-order chi connectivity index (χ1) is 30.8. The van der Waals surface area contributed by atoms with Crippen LogP contribution in [0.4, 0.5) is 28.9 Å². The number of amides is 2. The van der Waals surface area contributed by atoms with Gasteiger partial charge < -0.3 is 29.7 Å². The summed E-state index contributed by atoms with van der Waals surface area (Å²) in [6.07, 6.45) is 0. The van der Waals surface area contributed by atoms with Crippen molar-refractivity contribution in [3.63, 3.8) is 0 Å². The minimum atomic E-state index is -0.691.